The smallest absolute Gasteiger partial charge is 0.255 e. The van der Waals surface area contributed by atoms with Gasteiger partial charge in [-0.1, -0.05) is 73.6 Å². The molecule has 2 aliphatic carbocycles. The fourth-order valence-corrected chi connectivity index (χ4v) is 12.2. The Morgan fingerprint density at radius 1 is 0.586 bits per heavy atom. The van der Waals surface area contributed by atoms with Crippen molar-refractivity contribution >= 4 is 59.1 Å². The molecule has 1 aromatic carbocycles. The minimum Gasteiger partial charge on any atom is -0.356 e. The molecule has 0 radical (unpaired) electrons. The van der Waals surface area contributed by atoms with Crippen molar-refractivity contribution < 1.29 is 52.3 Å². The first-order valence-electron chi connectivity index (χ1n) is 32.0. The van der Waals surface area contributed by atoms with Gasteiger partial charge >= 0.3 is 0 Å². The molecule has 490 valence electrons. The number of carbonyl (C=O) groups excluding carboxylic acids is 10. The lowest BCUT2D eigenvalue weighted by molar-refractivity contribution is -0.139. The number of halogens is 1. The molecule has 1 heterocycles. The van der Waals surface area contributed by atoms with Gasteiger partial charge in [0, 0.05) is 67.5 Å². The average Bonchev–Trinajstić information content (AvgIpc) is 2.16. The van der Waals surface area contributed by atoms with Crippen LogP contribution >= 0.6 is 0 Å². The predicted octanol–water partition coefficient (Wildman–Crippen LogP) is 6.03. The number of rotatable bonds is 34. The third-order valence-electron chi connectivity index (χ3n) is 16.4. The van der Waals surface area contributed by atoms with Crippen LogP contribution in [0.15, 0.2) is 24.3 Å². The van der Waals surface area contributed by atoms with Gasteiger partial charge in [-0.25, -0.2) is 4.39 Å². The number of likely N-dealkylation sites (N-methyl/N-ethyl adjacent to an activating group) is 1. The summed E-state index contributed by atoms with van der Waals surface area (Å²) < 4.78 is 13.7. The molecule has 5 atom stereocenters. The Morgan fingerprint density at radius 2 is 1.09 bits per heavy atom. The zero-order chi connectivity index (χ0) is 65.0. The minimum atomic E-state index is -1.20. The van der Waals surface area contributed by atoms with Crippen molar-refractivity contribution in [1.29, 1.82) is 0 Å². The Hall–Kier alpha value is -6.19. The molecule has 2 saturated carbocycles. The molecule has 0 unspecified atom stereocenters. The van der Waals surface area contributed by atoms with Crippen LogP contribution in [0.5, 0.6) is 0 Å². The summed E-state index contributed by atoms with van der Waals surface area (Å²) in [6, 6.07) is 2.01. The maximum atomic E-state index is 14.4. The molecule has 0 bridgehead atoms. The average molecular weight is 1220 g/mol. The topological polar surface area (TPSA) is 285 Å². The summed E-state index contributed by atoms with van der Waals surface area (Å²) in [6.07, 6.45) is 9.73. The standard InChI is InChI=1S/C65H108FN11O10/c1-41(2)34-48(58(84)70-50(36-43(5)6)60(86)75-64(11,12)39-55(81)72-62(7,8)37-53(79)67-32-29-52(78)73-65(30-19-31-65)40-76(13)14)68-54(80)38-63(9,10)74-59(85)49(35-42(3)4)69-56(82)47(28-23-44-20-16-15-17-21-44)57(83)71-51-22-18-33-77(51)61(87)45-24-26-46(66)27-25-45/h24-27,41-44,47-51H,15-23,28-40H2,1-14H3,(H,67,79)(H,68,80)(H,69,82)(H,70,84)(H,71,83)(H,72,81)(H,73,78)(H,74,85)(H,75,86)/t47-,48-,49-,50-,51-/m0/s1. The number of likely N-dealkylation sites (tertiary alicyclic amines) is 1. The molecule has 3 fully saturated rings. The highest BCUT2D eigenvalue weighted by atomic mass is 19.1. The first-order valence-corrected chi connectivity index (χ1v) is 32.0. The summed E-state index contributed by atoms with van der Waals surface area (Å²) in [5.41, 5.74) is -3.23. The van der Waals surface area contributed by atoms with Crippen LogP contribution in [0.4, 0.5) is 4.39 Å². The van der Waals surface area contributed by atoms with E-state index >= 15 is 0 Å². The maximum Gasteiger partial charge on any atom is 0.255 e. The highest BCUT2D eigenvalue weighted by Crippen LogP contribution is 2.33. The highest BCUT2D eigenvalue weighted by Gasteiger charge is 2.41. The van der Waals surface area contributed by atoms with Crippen molar-refractivity contribution in [2.45, 2.75) is 252 Å². The molecular formula is C65H108FN11O10. The summed E-state index contributed by atoms with van der Waals surface area (Å²) in [4.78, 5) is 142. The fourth-order valence-electron chi connectivity index (χ4n) is 12.2. The molecule has 87 heavy (non-hydrogen) atoms. The molecule has 1 aliphatic heterocycles. The molecular weight excluding hydrogens is 1110 g/mol. The van der Waals surface area contributed by atoms with Gasteiger partial charge in [-0.2, -0.15) is 0 Å². The molecule has 9 N–H and O–H groups in total. The van der Waals surface area contributed by atoms with Gasteiger partial charge in [0.25, 0.3) is 5.91 Å². The normalized spacial score (nSPS) is 17.7. The third-order valence-corrected chi connectivity index (χ3v) is 16.4. The van der Waals surface area contributed by atoms with Crippen molar-refractivity contribution in [3.63, 3.8) is 0 Å². The Morgan fingerprint density at radius 3 is 1.61 bits per heavy atom. The number of hydrogen-bond donors (Lipinski definition) is 9. The maximum absolute atomic E-state index is 14.4. The molecule has 10 amide bonds. The van der Waals surface area contributed by atoms with Crippen LogP contribution in [-0.4, -0.2) is 149 Å². The third kappa shape index (κ3) is 25.8. The van der Waals surface area contributed by atoms with Crippen LogP contribution in [0.1, 0.15) is 215 Å². The monoisotopic (exact) mass is 1220 g/mol. The second kappa shape index (κ2) is 33.4. The summed E-state index contributed by atoms with van der Waals surface area (Å²) in [5.74, 6) is -6.18. The molecule has 3 aliphatic rings. The van der Waals surface area contributed by atoms with Gasteiger partial charge in [0.1, 0.15) is 36.0 Å². The molecule has 1 saturated heterocycles. The molecule has 0 aromatic heterocycles. The number of amides is 10. The van der Waals surface area contributed by atoms with E-state index in [1.54, 1.807) is 41.5 Å². The Balaban J connectivity index is 1.36. The lowest BCUT2D eigenvalue weighted by atomic mass is 9.76. The number of nitrogens with zero attached hydrogens (tertiary/aromatic N) is 2. The quantitative estimate of drug-likeness (QED) is 0.0359. The van der Waals surface area contributed by atoms with E-state index in [4.69, 9.17) is 0 Å². The van der Waals surface area contributed by atoms with Gasteiger partial charge in [0.15, 0.2) is 0 Å². The minimum absolute atomic E-state index is 0.0531. The van der Waals surface area contributed by atoms with Gasteiger partial charge in [-0.3, -0.25) is 47.9 Å². The van der Waals surface area contributed by atoms with E-state index in [0.717, 1.165) is 57.9 Å². The van der Waals surface area contributed by atoms with Crippen LogP contribution in [0.2, 0.25) is 0 Å². The number of benzene rings is 1. The summed E-state index contributed by atoms with van der Waals surface area (Å²) in [6.45, 7) is 22.8. The van der Waals surface area contributed by atoms with Crippen molar-refractivity contribution in [1.82, 2.24) is 57.7 Å². The lowest BCUT2D eigenvalue weighted by Gasteiger charge is -2.44. The first-order chi connectivity index (χ1) is 40.6. The fraction of sp³-hybridized carbons (Fsp3) is 0.754. The predicted molar refractivity (Wildman–Crippen MR) is 333 cm³/mol. The van der Waals surface area contributed by atoms with E-state index in [1.165, 1.54) is 29.2 Å². The highest BCUT2D eigenvalue weighted by molar-refractivity contribution is 6.02. The van der Waals surface area contributed by atoms with Gasteiger partial charge in [-0.05, 0) is 168 Å². The van der Waals surface area contributed by atoms with Crippen LogP contribution < -0.4 is 47.9 Å². The first kappa shape index (κ1) is 73.3. The van der Waals surface area contributed by atoms with E-state index in [2.05, 4.69) is 52.8 Å². The van der Waals surface area contributed by atoms with Gasteiger partial charge in [0.05, 0.1) is 5.54 Å². The largest absolute Gasteiger partial charge is 0.356 e. The van der Waals surface area contributed by atoms with Crippen molar-refractivity contribution in [2.24, 2.45) is 29.6 Å². The molecule has 0 spiro atoms. The van der Waals surface area contributed by atoms with Crippen LogP contribution in [0, 0.1) is 35.4 Å². The van der Waals surface area contributed by atoms with Gasteiger partial charge in [0.2, 0.25) is 53.2 Å². The van der Waals surface area contributed by atoms with E-state index in [1.807, 2.05) is 55.6 Å². The van der Waals surface area contributed by atoms with Crippen LogP contribution in [0.25, 0.3) is 0 Å². The van der Waals surface area contributed by atoms with Crippen LogP contribution in [-0.2, 0) is 43.2 Å². The van der Waals surface area contributed by atoms with Crippen LogP contribution in [0.3, 0.4) is 0 Å². The summed E-state index contributed by atoms with van der Waals surface area (Å²) in [7, 11) is 3.94. The Kier molecular flexibility index (Phi) is 28.1. The SMILES string of the molecule is CC(C)C[C@H](NC(=O)CC(C)(C)NC(=O)[C@H](CC(C)C)NC(=O)[C@H](CCC1CCCCC1)C(=O)N[C@@H]1CCCN1C(=O)c1ccc(F)cc1)C(=O)N[C@@H](CC(C)C)C(=O)NC(C)(C)CC(=O)NC(C)(C)CC(=O)NCCC(=O)NC1(CN(C)C)CCC1. The van der Waals surface area contributed by atoms with Crippen molar-refractivity contribution in [3.8, 4) is 0 Å². The van der Waals surface area contributed by atoms with E-state index < -0.39 is 94.0 Å². The van der Waals surface area contributed by atoms with Crippen molar-refractivity contribution in [2.75, 3.05) is 33.7 Å². The van der Waals surface area contributed by atoms with E-state index in [-0.39, 0.29) is 104 Å². The van der Waals surface area contributed by atoms with Crippen molar-refractivity contribution in [3.05, 3.63) is 35.6 Å². The molecule has 22 heteroatoms. The zero-order valence-corrected chi connectivity index (χ0v) is 54.9. The second-order valence-electron chi connectivity index (χ2n) is 28.7. The number of carbonyl (C=O) groups is 10. The Bertz CT molecular complexity index is 2510. The van der Waals surface area contributed by atoms with Gasteiger partial charge < -0.3 is 57.7 Å². The lowest BCUT2D eigenvalue weighted by Crippen LogP contribution is -2.59. The summed E-state index contributed by atoms with van der Waals surface area (Å²) >= 11 is 0. The molecule has 21 nitrogen and oxygen atoms in total. The zero-order valence-electron chi connectivity index (χ0n) is 54.9. The Labute approximate surface area is 517 Å². The second-order valence-corrected chi connectivity index (χ2v) is 28.7. The van der Waals surface area contributed by atoms with E-state index in [0.29, 0.717) is 31.7 Å². The molecule has 1 aromatic rings. The molecule has 4 rings (SSSR count). The number of hydrogen-bond acceptors (Lipinski definition) is 11. The summed E-state index contributed by atoms with van der Waals surface area (Å²) in [5, 5.41) is 26.3. The number of nitrogens with one attached hydrogen (secondary N) is 9. The van der Waals surface area contributed by atoms with Gasteiger partial charge in [-0.15, -0.1) is 0 Å². The van der Waals surface area contributed by atoms with E-state index in [9.17, 15) is 52.3 Å².